The van der Waals surface area contributed by atoms with Crippen LogP contribution in [0.3, 0.4) is 0 Å². The van der Waals surface area contributed by atoms with E-state index < -0.39 is 115 Å². The third-order valence-corrected chi connectivity index (χ3v) is 6.49. The summed E-state index contributed by atoms with van der Waals surface area (Å²) >= 11 is 6.40. The van der Waals surface area contributed by atoms with E-state index >= 15 is 0 Å². The van der Waals surface area contributed by atoms with Gasteiger partial charge in [-0.3, -0.25) is 33.6 Å². The molecule has 0 saturated carbocycles. The first kappa shape index (κ1) is 36.7. The maximum atomic E-state index is 12.3. The Balaban J connectivity index is 2.66. The quantitative estimate of drug-likeness (QED) is 0.155. The van der Waals surface area contributed by atoms with Crippen LogP contribution >= 0.6 is 11.6 Å². The molecule has 2 rings (SSSR count). The van der Waals surface area contributed by atoms with Gasteiger partial charge in [-0.25, -0.2) is 0 Å². The summed E-state index contributed by atoms with van der Waals surface area (Å²) < 4.78 is 44.6. The number of halogens is 1. The van der Waals surface area contributed by atoms with Crippen LogP contribution in [0.4, 0.5) is 0 Å². The van der Waals surface area contributed by atoms with E-state index in [1.807, 2.05) is 0 Å². The van der Waals surface area contributed by atoms with Gasteiger partial charge in [-0.15, -0.1) is 0 Å². The fourth-order valence-electron chi connectivity index (χ4n) is 4.67. The molecule has 17 nitrogen and oxygen atoms in total. The lowest BCUT2D eigenvalue weighted by Gasteiger charge is -2.49. The molecule has 248 valence electrons. The number of carbonyl (C=O) groups excluding carboxylic acids is 7. The summed E-state index contributed by atoms with van der Waals surface area (Å²) in [4.78, 5) is 84.0. The summed E-state index contributed by atoms with van der Waals surface area (Å²) in [6.45, 7) is 6.85. The molecule has 2 heterocycles. The molecule has 2 amide bonds. The van der Waals surface area contributed by atoms with Gasteiger partial charge in [-0.2, -0.15) is 0 Å². The first-order chi connectivity index (χ1) is 20.5. The number of carbonyl (C=O) groups is 7. The third-order valence-electron chi connectivity index (χ3n) is 6.12. The van der Waals surface area contributed by atoms with Crippen LogP contribution in [0.15, 0.2) is 0 Å². The molecular weight excluding hydrogens is 616 g/mol. The third kappa shape index (κ3) is 10.9. The minimum absolute atomic E-state index is 0.467. The SMILES string of the molecule is CC(=O)N[C@H]1[C@H](O[C@H]2C(OC(C)=O)[C@@H](NC(C)=O)[C@H](Cl)O[C@@H]2COC(C)=O)O[C@H](COC(C)=O)[C@@H](OC(C)=O)[C@@H]1OC(C)=O. The Morgan fingerprint density at radius 2 is 0.977 bits per heavy atom. The maximum absolute atomic E-state index is 12.3. The topological polar surface area (TPSA) is 217 Å². The molecule has 2 aliphatic rings. The van der Waals surface area contributed by atoms with E-state index in [4.69, 9.17) is 49.5 Å². The van der Waals surface area contributed by atoms with Crippen LogP contribution in [-0.4, -0.2) is 115 Å². The van der Waals surface area contributed by atoms with Crippen LogP contribution < -0.4 is 10.6 Å². The van der Waals surface area contributed by atoms with E-state index in [-0.39, 0.29) is 0 Å². The molecular formula is C26H37ClN2O15. The van der Waals surface area contributed by atoms with Crippen molar-refractivity contribution >= 4 is 53.3 Å². The normalized spacial score (nSPS) is 31.5. The van der Waals surface area contributed by atoms with Crippen molar-refractivity contribution in [3.05, 3.63) is 0 Å². The van der Waals surface area contributed by atoms with Gasteiger partial charge in [-0.1, -0.05) is 11.6 Å². The van der Waals surface area contributed by atoms with Crippen LogP contribution in [0, 0.1) is 0 Å². The number of hydrogen-bond donors (Lipinski definition) is 2. The predicted molar refractivity (Wildman–Crippen MR) is 143 cm³/mol. The summed E-state index contributed by atoms with van der Waals surface area (Å²) in [7, 11) is 0. The molecule has 0 aromatic carbocycles. The van der Waals surface area contributed by atoms with Gasteiger partial charge in [0, 0.05) is 48.5 Å². The van der Waals surface area contributed by atoms with Crippen molar-refractivity contribution in [2.45, 2.75) is 109 Å². The number of alkyl halides is 1. The lowest BCUT2D eigenvalue weighted by molar-refractivity contribution is -0.314. The Hall–Kier alpha value is -3.54. The van der Waals surface area contributed by atoms with E-state index in [2.05, 4.69) is 10.6 Å². The van der Waals surface area contributed by atoms with Gasteiger partial charge in [0.2, 0.25) is 11.8 Å². The average Bonchev–Trinajstić information content (AvgIpc) is 2.87. The van der Waals surface area contributed by atoms with E-state index in [9.17, 15) is 33.6 Å². The zero-order chi connectivity index (χ0) is 33.3. The molecule has 0 spiro atoms. The van der Waals surface area contributed by atoms with Crippen LogP contribution in [0.5, 0.6) is 0 Å². The number of nitrogens with one attached hydrogen (secondary N) is 2. The standard InChI is InChI=1S/C26H37ClN2O15/c1-10(30)28-19-23(40-15(6)35)22(17(42-25(19)27)8-37-12(3)32)44-26-20(29-11(2)31)24(41-16(7)36)21(39-14(5)34)18(43-26)9-38-13(4)33/h17-26H,8-9H2,1-7H3,(H,28,30)(H,29,31)/t17-,18-,19-,20-,21-,22-,23?,24-,25-,26+/m1/s1. The maximum Gasteiger partial charge on any atom is 0.303 e. The zero-order valence-electron chi connectivity index (χ0n) is 25.2. The Morgan fingerprint density at radius 1 is 0.568 bits per heavy atom. The first-order valence-corrected chi connectivity index (χ1v) is 13.9. The Labute approximate surface area is 257 Å². The molecule has 10 atom stereocenters. The second-order valence-corrected chi connectivity index (χ2v) is 10.4. The van der Waals surface area contributed by atoms with Gasteiger partial charge in [0.1, 0.15) is 43.6 Å². The Bertz CT molecular complexity index is 1100. The van der Waals surface area contributed by atoms with Crippen molar-refractivity contribution in [3.8, 4) is 0 Å². The molecule has 2 N–H and O–H groups in total. The van der Waals surface area contributed by atoms with E-state index in [1.54, 1.807) is 0 Å². The van der Waals surface area contributed by atoms with Crippen molar-refractivity contribution in [2.24, 2.45) is 0 Å². The molecule has 2 saturated heterocycles. The van der Waals surface area contributed by atoms with Crippen LogP contribution in [0.2, 0.25) is 0 Å². The summed E-state index contributed by atoms with van der Waals surface area (Å²) in [5.41, 5.74) is -1.30. The minimum Gasteiger partial charge on any atom is -0.463 e. The number of esters is 5. The van der Waals surface area contributed by atoms with Crippen molar-refractivity contribution in [3.63, 3.8) is 0 Å². The summed E-state index contributed by atoms with van der Waals surface area (Å²) in [5.74, 6) is -5.08. The predicted octanol–water partition coefficient (Wildman–Crippen LogP) is -1.01. The highest BCUT2D eigenvalue weighted by Gasteiger charge is 2.55. The van der Waals surface area contributed by atoms with Gasteiger partial charge in [-0.05, 0) is 0 Å². The number of ether oxygens (including phenoxy) is 8. The average molecular weight is 653 g/mol. The smallest absolute Gasteiger partial charge is 0.303 e. The fourth-order valence-corrected chi connectivity index (χ4v) is 5.01. The lowest BCUT2D eigenvalue weighted by Crippen LogP contribution is -2.70. The Kier molecular flexibility index (Phi) is 13.8. The number of rotatable bonds is 11. The molecule has 0 aromatic rings. The number of hydrogen-bond acceptors (Lipinski definition) is 15. The summed E-state index contributed by atoms with van der Waals surface area (Å²) in [6, 6.07) is -2.59. The van der Waals surface area contributed by atoms with Crippen molar-refractivity contribution in [1.29, 1.82) is 0 Å². The summed E-state index contributed by atoms with van der Waals surface area (Å²) in [5, 5.41) is 5.08. The van der Waals surface area contributed by atoms with Gasteiger partial charge in [0.25, 0.3) is 0 Å². The minimum atomic E-state index is -1.62. The fraction of sp³-hybridized carbons (Fsp3) is 0.731. The molecule has 0 bridgehead atoms. The van der Waals surface area contributed by atoms with E-state index in [0.717, 1.165) is 41.5 Å². The monoisotopic (exact) mass is 652 g/mol. The molecule has 2 aliphatic heterocycles. The molecule has 0 aliphatic carbocycles. The molecule has 44 heavy (non-hydrogen) atoms. The van der Waals surface area contributed by atoms with E-state index in [0.29, 0.717) is 0 Å². The second kappa shape index (κ2) is 16.5. The molecule has 2 fully saturated rings. The van der Waals surface area contributed by atoms with Crippen LogP contribution in [0.25, 0.3) is 0 Å². The van der Waals surface area contributed by atoms with E-state index in [1.165, 1.54) is 6.92 Å². The van der Waals surface area contributed by atoms with Gasteiger partial charge in [0.05, 0.1) is 0 Å². The van der Waals surface area contributed by atoms with Crippen LogP contribution in [-0.2, 0) is 71.5 Å². The van der Waals surface area contributed by atoms with Crippen molar-refractivity contribution in [1.82, 2.24) is 10.6 Å². The summed E-state index contributed by atoms with van der Waals surface area (Å²) in [6.07, 6.45) is -9.87. The van der Waals surface area contributed by atoms with Crippen molar-refractivity contribution in [2.75, 3.05) is 13.2 Å². The molecule has 1 unspecified atom stereocenters. The molecule has 18 heteroatoms. The van der Waals surface area contributed by atoms with Gasteiger partial charge >= 0.3 is 29.8 Å². The van der Waals surface area contributed by atoms with Gasteiger partial charge < -0.3 is 48.5 Å². The van der Waals surface area contributed by atoms with Gasteiger partial charge in [0.15, 0.2) is 30.2 Å². The number of amides is 2. The highest BCUT2D eigenvalue weighted by Crippen LogP contribution is 2.34. The zero-order valence-corrected chi connectivity index (χ0v) is 25.9. The van der Waals surface area contributed by atoms with Crippen LogP contribution in [0.1, 0.15) is 48.5 Å². The molecule has 0 radical (unpaired) electrons. The second-order valence-electron chi connectivity index (χ2n) is 9.95. The highest BCUT2D eigenvalue weighted by molar-refractivity contribution is 6.20. The Morgan fingerprint density at radius 3 is 1.41 bits per heavy atom. The molecule has 0 aromatic heterocycles. The van der Waals surface area contributed by atoms with Crippen molar-refractivity contribution < 1.29 is 71.5 Å². The lowest BCUT2D eigenvalue weighted by atomic mass is 9.94. The largest absolute Gasteiger partial charge is 0.463 e. The first-order valence-electron chi connectivity index (χ1n) is 13.4. The highest BCUT2D eigenvalue weighted by atomic mass is 35.5.